The molecule has 13 heavy (non-hydrogen) atoms. The molecule has 0 aromatic heterocycles. The van der Waals surface area contributed by atoms with Crippen molar-refractivity contribution in [3.63, 3.8) is 0 Å². The van der Waals surface area contributed by atoms with Crippen LogP contribution < -0.4 is 4.74 Å². The van der Waals surface area contributed by atoms with Crippen LogP contribution in [0.25, 0.3) is 0 Å². The molecular formula is C9H9ClO3. The number of benzene rings is 1. The molecule has 0 heterocycles. The van der Waals surface area contributed by atoms with Gasteiger partial charge in [0.25, 0.3) is 0 Å². The fourth-order valence-electron chi connectivity index (χ4n) is 1.04. The molecule has 0 aliphatic carbocycles. The smallest absolute Gasteiger partial charge is 0.185 e. The molecule has 1 N–H and O–H groups in total. The molecule has 0 unspecified atom stereocenters. The monoisotopic (exact) mass is 200 g/mol. The highest BCUT2D eigenvalue weighted by atomic mass is 35.5. The normalized spacial score (nSPS) is 9.69. The highest BCUT2D eigenvalue weighted by Gasteiger charge is 2.15. The first-order valence-electron chi connectivity index (χ1n) is 3.65. The van der Waals surface area contributed by atoms with Crippen LogP contribution in [0.5, 0.6) is 11.5 Å². The molecular weight excluding hydrogens is 192 g/mol. The quantitative estimate of drug-likeness (QED) is 0.598. The van der Waals surface area contributed by atoms with Gasteiger partial charge in [-0.1, -0.05) is 6.07 Å². The van der Waals surface area contributed by atoms with Gasteiger partial charge in [0.05, 0.1) is 13.0 Å². The number of Topliss-reactive ketones (excluding diaryl/α,β-unsaturated/α-hetero) is 1. The number of aromatic hydroxyl groups is 1. The fraction of sp³-hybridized carbons (Fsp3) is 0.222. The third-order valence-electron chi connectivity index (χ3n) is 1.62. The number of phenols is 1. The summed E-state index contributed by atoms with van der Waals surface area (Å²) in [7, 11) is 1.43. The first-order chi connectivity index (χ1) is 6.20. The summed E-state index contributed by atoms with van der Waals surface area (Å²) in [5, 5.41) is 9.36. The zero-order valence-corrected chi connectivity index (χ0v) is 7.84. The van der Waals surface area contributed by atoms with Crippen molar-refractivity contribution >= 4 is 17.4 Å². The van der Waals surface area contributed by atoms with Gasteiger partial charge in [0.15, 0.2) is 5.78 Å². The molecule has 0 fully saturated rings. The molecule has 1 aromatic rings. The van der Waals surface area contributed by atoms with Gasteiger partial charge in [-0.2, -0.15) is 0 Å². The Morgan fingerprint density at radius 2 is 2.31 bits per heavy atom. The van der Waals surface area contributed by atoms with Crippen molar-refractivity contribution in [2.24, 2.45) is 0 Å². The summed E-state index contributed by atoms with van der Waals surface area (Å²) < 4.78 is 4.91. The molecule has 0 saturated heterocycles. The molecule has 0 bridgehead atoms. The summed E-state index contributed by atoms with van der Waals surface area (Å²) in [6.07, 6.45) is 0. The van der Waals surface area contributed by atoms with E-state index in [0.717, 1.165) is 0 Å². The molecule has 3 nitrogen and oxygen atoms in total. The molecule has 0 saturated carbocycles. The minimum atomic E-state index is -0.350. The van der Waals surface area contributed by atoms with Gasteiger partial charge in [0, 0.05) is 0 Å². The van der Waals surface area contributed by atoms with Crippen LogP contribution in [-0.2, 0) is 0 Å². The van der Waals surface area contributed by atoms with Crippen LogP contribution >= 0.6 is 11.6 Å². The second-order valence-electron chi connectivity index (χ2n) is 2.41. The highest BCUT2D eigenvalue weighted by Crippen LogP contribution is 2.27. The summed E-state index contributed by atoms with van der Waals surface area (Å²) >= 11 is 5.37. The van der Waals surface area contributed by atoms with Crippen molar-refractivity contribution in [3.8, 4) is 11.5 Å². The third kappa shape index (κ3) is 1.92. The Morgan fingerprint density at radius 1 is 1.62 bits per heavy atom. The van der Waals surface area contributed by atoms with Crippen molar-refractivity contribution < 1.29 is 14.6 Å². The van der Waals surface area contributed by atoms with E-state index in [9.17, 15) is 9.90 Å². The Kier molecular flexibility index (Phi) is 3.14. The lowest BCUT2D eigenvalue weighted by Gasteiger charge is -2.07. The van der Waals surface area contributed by atoms with Crippen molar-refractivity contribution in [1.29, 1.82) is 0 Å². The van der Waals surface area contributed by atoms with E-state index in [1.165, 1.54) is 13.2 Å². The zero-order chi connectivity index (χ0) is 9.84. The van der Waals surface area contributed by atoms with Crippen LogP contribution in [0, 0.1) is 0 Å². The van der Waals surface area contributed by atoms with Crippen molar-refractivity contribution in [1.82, 2.24) is 0 Å². The van der Waals surface area contributed by atoms with E-state index >= 15 is 0 Å². The number of alkyl halides is 1. The van der Waals surface area contributed by atoms with Crippen LogP contribution in [0.2, 0.25) is 0 Å². The predicted octanol–water partition coefficient (Wildman–Crippen LogP) is 1.82. The number of methoxy groups -OCH3 is 1. The Labute approximate surface area is 80.9 Å². The zero-order valence-electron chi connectivity index (χ0n) is 7.08. The van der Waals surface area contributed by atoms with Crippen molar-refractivity contribution in [3.05, 3.63) is 23.8 Å². The van der Waals surface area contributed by atoms with Crippen molar-refractivity contribution in [2.45, 2.75) is 0 Å². The van der Waals surface area contributed by atoms with E-state index in [4.69, 9.17) is 16.3 Å². The van der Waals surface area contributed by atoms with Crippen molar-refractivity contribution in [2.75, 3.05) is 13.0 Å². The minimum absolute atomic E-state index is 0.106. The highest BCUT2D eigenvalue weighted by molar-refractivity contribution is 6.31. The van der Waals surface area contributed by atoms with Gasteiger partial charge in [-0.25, -0.2) is 0 Å². The second kappa shape index (κ2) is 4.14. The average molecular weight is 201 g/mol. The van der Waals surface area contributed by atoms with Crippen LogP contribution in [0.3, 0.4) is 0 Å². The van der Waals surface area contributed by atoms with Gasteiger partial charge in [-0.3, -0.25) is 4.79 Å². The van der Waals surface area contributed by atoms with Gasteiger partial charge < -0.3 is 9.84 Å². The summed E-state index contributed by atoms with van der Waals surface area (Å²) in [6, 6.07) is 4.61. The molecule has 0 amide bonds. The number of rotatable bonds is 3. The van der Waals surface area contributed by atoms with E-state index in [-0.39, 0.29) is 23.0 Å². The summed E-state index contributed by atoms with van der Waals surface area (Å²) in [6.45, 7) is 0. The van der Waals surface area contributed by atoms with Crippen LogP contribution in [0.15, 0.2) is 18.2 Å². The molecule has 1 rings (SSSR count). The van der Waals surface area contributed by atoms with E-state index < -0.39 is 0 Å². The van der Waals surface area contributed by atoms with Crippen LogP contribution in [0.1, 0.15) is 10.4 Å². The standard InChI is InChI=1S/C9H9ClO3/c1-13-8-4-2-3-6(11)9(8)7(12)5-10/h2-4,11H,5H2,1H3. The van der Waals surface area contributed by atoms with Crippen LogP contribution in [-0.4, -0.2) is 23.9 Å². The Balaban J connectivity index is 3.22. The summed E-state index contributed by atoms with van der Waals surface area (Å²) in [5.41, 5.74) is 0.139. The average Bonchev–Trinajstić information content (AvgIpc) is 2.16. The largest absolute Gasteiger partial charge is 0.507 e. The van der Waals surface area contributed by atoms with Crippen LogP contribution in [0.4, 0.5) is 0 Å². The summed E-state index contributed by atoms with van der Waals surface area (Å²) in [4.78, 5) is 11.2. The minimum Gasteiger partial charge on any atom is -0.507 e. The topological polar surface area (TPSA) is 46.5 Å². The maximum absolute atomic E-state index is 11.2. The van der Waals surface area contributed by atoms with Gasteiger partial charge in [0.1, 0.15) is 17.1 Å². The number of carbonyl (C=O) groups excluding carboxylic acids is 1. The molecule has 1 aromatic carbocycles. The second-order valence-corrected chi connectivity index (χ2v) is 2.68. The number of hydrogen-bond acceptors (Lipinski definition) is 3. The number of halogens is 1. The third-order valence-corrected chi connectivity index (χ3v) is 1.87. The lowest BCUT2D eigenvalue weighted by Crippen LogP contribution is -2.03. The number of phenolic OH excluding ortho intramolecular Hbond substituents is 1. The number of hydrogen-bond donors (Lipinski definition) is 1. The van der Waals surface area contributed by atoms with Gasteiger partial charge in [-0.05, 0) is 12.1 Å². The van der Waals surface area contributed by atoms with Gasteiger partial charge in [-0.15, -0.1) is 11.6 Å². The Bertz CT molecular complexity index is 323. The van der Waals surface area contributed by atoms with Gasteiger partial charge >= 0.3 is 0 Å². The lowest BCUT2D eigenvalue weighted by molar-refractivity contribution is 0.101. The van der Waals surface area contributed by atoms with Gasteiger partial charge in [0.2, 0.25) is 0 Å². The number of carbonyl (C=O) groups is 1. The fourth-order valence-corrected chi connectivity index (χ4v) is 1.17. The first kappa shape index (κ1) is 9.86. The Hall–Kier alpha value is -1.22. The number of ketones is 1. The van der Waals surface area contributed by atoms with E-state index in [2.05, 4.69) is 0 Å². The molecule has 0 radical (unpaired) electrons. The van der Waals surface area contributed by atoms with E-state index in [1.54, 1.807) is 12.1 Å². The van der Waals surface area contributed by atoms with E-state index in [1.807, 2.05) is 0 Å². The molecule has 70 valence electrons. The Morgan fingerprint density at radius 3 is 2.85 bits per heavy atom. The molecule has 0 atom stereocenters. The molecule has 0 aliphatic heterocycles. The summed E-state index contributed by atoms with van der Waals surface area (Å²) in [5.74, 6) is -0.291. The predicted molar refractivity (Wildman–Crippen MR) is 49.7 cm³/mol. The lowest BCUT2D eigenvalue weighted by atomic mass is 10.1. The maximum atomic E-state index is 11.2. The molecule has 4 heteroatoms. The van der Waals surface area contributed by atoms with E-state index in [0.29, 0.717) is 5.75 Å². The SMILES string of the molecule is COc1cccc(O)c1C(=O)CCl. The number of ether oxygens (including phenoxy) is 1. The molecule has 0 aliphatic rings. The molecule has 0 spiro atoms. The first-order valence-corrected chi connectivity index (χ1v) is 4.19. The maximum Gasteiger partial charge on any atom is 0.185 e.